The van der Waals surface area contributed by atoms with Crippen molar-refractivity contribution in [1.29, 1.82) is 0 Å². The number of benzene rings is 2. The largest absolute Gasteiger partial charge is 0.348 e. The van der Waals surface area contributed by atoms with Crippen LogP contribution < -0.4 is 5.09 Å². The van der Waals surface area contributed by atoms with Crippen molar-refractivity contribution in [2.75, 3.05) is 0 Å². The molecule has 0 fully saturated rings. The molecule has 25 heavy (non-hydrogen) atoms. The van der Waals surface area contributed by atoms with Crippen molar-refractivity contribution in [3.05, 3.63) is 64.7 Å². The molecule has 0 saturated heterocycles. The second-order valence-electron chi connectivity index (χ2n) is 7.38. The lowest BCUT2D eigenvalue weighted by atomic mass is 10.1. The third-order valence-electron chi connectivity index (χ3n) is 4.12. The average molecular weight is 354 g/mol. The normalized spacial score (nSPS) is 12.3. The molecule has 0 radical (unpaired) electrons. The number of nitrogens with zero attached hydrogens (tertiary/aromatic N) is 1. The number of nitrogens with one attached hydrogen (secondary N) is 1. The number of hydrogen-bond acceptors (Lipinski definition) is 1. The molecule has 0 aliphatic heterocycles. The number of rotatable bonds is 5. The molecule has 0 aromatic heterocycles. The zero-order valence-corrected chi connectivity index (χ0v) is 17.5. The maximum absolute atomic E-state index is 5.01. The molecule has 134 valence electrons. The molecule has 1 N–H and O–H groups in total. The monoisotopic (exact) mass is 354 g/mol. The summed E-state index contributed by atoms with van der Waals surface area (Å²) in [7, 11) is -0.342. The van der Waals surface area contributed by atoms with E-state index in [0.717, 1.165) is 17.1 Å². The van der Waals surface area contributed by atoms with Crippen LogP contribution in [0.1, 0.15) is 49.9 Å². The van der Waals surface area contributed by atoms with Crippen LogP contribution in [0.25, 0.3) is 0 Å². The predicted octanol–water partition coefficient (Wildman–Crippen LogP) is 6.49. The van der Waals surface area contributed by atoms with Gasteiger partial charge >= 0.3 is 0 Å². The summed E-state index contributed by atoms with van der Waals surface area (Å²) in [6.07, 6.45) is 0. The van der Waals surface area contributed by atoms with Crippen LogP contribution in [0.3, 0.4) is 0 Å². The summed E-state index contributed by atoms with van der Waals surface area (Å²) < 4.78 is 0. The lowest BCUT2D eigenvalue weighted by Gasteiger charge is -2.28. The first kappa shape index (κ1) is 19.7. The van der Waals surface area contributed by atoms with Crippen LogP contribution >= 0.6 is 8.07 Å². The topological polar surface area (TPSA) is 24.4 Å². The molecule has 0 spiro atoms. The van der Waals surface area contributed by atoms with Crippen molar-refractivity contribution < 1.29 is 0 Å². The van der Waals surface area contributed by atoms with E-state index in [0.29, 0.717) is 11.3 Å². The van der Waals surface area contributed by atoms with Gasteiger partial charge in [0.2, 0.25) is 0 Å². The fourth-order valence-electron chi connectivity index (χ4n) is 2.99. The van der Waals surface area contributed by atoms with Crippen LogP contribution in [-0.2, 0) is 0 Å². The Morgan fingerprint density at radius 3 is 1.80 bits per heavy atom. The molecule has 0 amide bonds. The minimum absolute atomic E-state index is 0.342. The van der Waals surface area contributed by atoms with Gasteiger partial charge in [0, 0.05) is 5.56 Å². The van der Waals surface area contributed by atoms with E-state index in [4.69, 9.17) is 4.99 Å². The number of hydrogen-bond donors (Lipinski definition) is 1. The second-order valence-corrected chi connectivity index (χ2v) is 10.5. The van der Waals surface area contributed by atoms with Gasteiger partial charge in [-0.2, -0.15) is 0 Å². The molecular formula is C22H31N2P. The minimum atomic E-state index is -0.342. The van der Waals surface area contributed by atoms with Gasteiger partial charge in [0.15, 0.2) is 0 Å². The van der Waals surface area contributed by atoms with Gasteiger partial charge in [0.25, 0.3) is 0 Å². The summed E-state index contributed by atoms with van der Waals surface area (Å²) in [6, 6.07) is 15.1. The summed E-state index contributed by atoms with van der Waals surface area (Å²) >= 11 is 0. The first-order valence-corrected chi connectivity index (χ1v) is 10.5. The van der Waals surface area contributed by atoms with Crippen molar-refractivity contribution >= 4 is 19.6 Å². The van der Waals surface area contributed by atoms with Gasteiger partial charge in [-0.1, -0.05) is 63.6 Å². The lowest BCUT2D eigenvalue weighted by molar-refractivity contribution is 0.990. The van der Waals surface area contributed by atoms with E-state index in [2.05, 4.69) is 96.0 Å². The van der Waals surface area contributed by atoms with Crippen LogP contribution in [0.5, 0.6) is 0 Å². The number of aryl methyl sites for hydroxylation is 3. The number of amidine groups is 1. The van der Waals surface area contributed by atoms with Crippen molar-refractivity contribution in [1.82, 2.24) is 5.09 Å². The third kappa shape index (κ3) is 5.68. The highest BCUT2D eigenvalue weighted by Gasteiger charge is 2.19. The fourth-order valence-corrected chi connectivity index (χ4v) is 5.12. The molecule has 2 rings (SSSR count). The molecule has 0 unspecified atom stereocenters. The van der Waals surface area contributed by atoms with Crippen molar-refractivity contribution in [3.63, 3.8) is 0 Å². The molecule has 0 aliphatic rings. The maximum Gasteiger partial charge on any atom is 0.137 e. The van der Waals surface area contributed by atoms with Crippen LogP contribution in [0.15, 0.2) is 47.5 Å². The van der Waals surface area contributed by atoms with Crippen molar-refractivity contribution in [2.45, 2.75) is 59.8 Å². The Kier molecular flexibility index (Phi) is 6.79. The molecule has 0 saturated carbocycles. The molecule has 2 nitrogen and oxygen atoms in total. The Bertz CT molecular complexity index is 702. The zero-order chi connectivity index (χ0) is 18.6. The highest BCUT2D eigenvalue weighted by atomic mass is 31.1. The first-order chi connectivity index (χ1) is 11.8. The standard InChI is InChI=1S/C22H31N2P/c1-15(2)25(16(3)4)24-22(20-10-8-17(5)9-11-20)23-21-13-18(6)12-19(7)14-21/h8-16H,1-7H3,(H,23,24). The summed E-state index contributed by atoms with van der Waals surface area (Å²) in [5.41, 5.74) is 7.13. The van der Waals surface area contributed by atoms with Gasteiger partial charge in [0.05, 0.1) is 5.69 Å². The zero-order valence-electron chi connectivity index (χ0n) is 16.6. The van der Waals surface area contributed by atoms with E-state index in [-0.39, 0.29) is 8.07 Å². The minimum Gasteiger partial charge on any atom is -0.348 e. The maximum atomic E-state index is 5.01. The molecule has 3 heteroatoms. The third-order valence-corrected chi connectivity index (χ3v) is 6.82. The van der Waals surface area contributed by atoms with Crippen LogP contribution in [0.2, 0.25) is 0 Å². The van der Waals surface area contributed by atoms with Crippen molar-refractivity contribution in [3.8, 4) is 0 Å². The van der Waals surface area contributed by atoms with Gasteiger partial charge in [-0.05, 0) is 63.4 Å². The molecule has 2 aromatic rings. The van der Waals surface area contributed by atoms with Crippen LogP contribution in [-0.4, -0.2) is 17.2 Å². The summed E-state index contributed by atoms with van der Waals surface area (Å²) in [5, 5.41) is 3.79. The smallest absolute Gasteiger partial charge is 0.137 e. The second kappa shape index (κ2) is 8.63. The van der Waals surface area contributed by atoms with Crippen molar-refractivity contribution in [2.24, 2.45) is 4.99 Å². The van der Waals surface area contributed by atoms with Gasteiger partial charge < -0.3 is 5.09 Å². The highest BCUT2D eigenvalue weighted by Crippen LogP contribution is 2.42. The van der Waals surface area contributed by atoms with E-state index in [9.17, 15) is 0 Å². The Balaban J connectivity index is 2.47. The highest BCUT2D eigenvalue weighted by molar-refractivity contribution is 7.57. The van der Waals surface area contributed by atoms with E-state index in [1.165, 1.54) is 16.7 Å². The van der Waals surface area contributed by atoms with E-state index in [1.54, 1.807) is 0 Å². The summed E-state index contributed by atoms with van der Waals surface area (Å²) in [6.45, 7) is 15.5. The van der Waals surface area contributed by atoms with Crippen LogP contribution in [0.4, 0.5) is 5.69 Å². The van der Waals surface area contributed by atoms with Gasteiger partial charge in [-0.25, -0.2) is 4.99 Å². The molecule has 0 aliphatic carbocycles. The Labute approximate surface area is 154 Å². The SMILES string of the molecule is Cc1ccc(C(=Nc2cc(C)cc(C)c2)NP(C(C)C)C(C)C)cc1. The average Bonchev–Trinajstić information content (AvgIpc) is 2.50. The van der Waals surface area contributed by atoms with Gasteiger partial charge in [-0.3, -0.25) is 0 Å². The Morgan fingerprint density at radius 1 is 0.800 bits per heavy atom. The Morgan fingerprint density at radius 2 is 1.32 bits per heavy atom. The summed E-state index contributed by atoms with van der Waals surface area (Å²) in [5.74, 6) is 0.985. The molecule has 2 aromatic carbocycles. The van der Waals surface area contributed by atoms with Crippen LogP contribution in [0, 0.1) is 20.8 Å². The molecular weight excluding hydrogens is 323 g/mol. The summed E-state index contributed by atoms with van der Waals surface area (Å²) in [4.78, 5) is 5.01. The first-order valence-electron chi connectivity index (χ1n) is 9.05. The van der Waals surface area contributed by atoms with Gasteiger partial charge in [-0.15, -0.1) is 0 Å². The quantitative estimate of drug-likeness (QED) is 0.370. The molecule has 0 atom stereocenters. The van der Waals surface area contributed by atoms with Gasteiger partial charge in [0.1, 0.15) is 5.84 Å². The predicted molar refractivity (Wildman–Crippen MR) is 114 cm³/mol. The van der Waals surface area contributed by atoms with E-state index in [1.807, 2.05) is 0 Å². The Hall–Kier alpha value is -1.66. The number of aliphatic imine (C=N–C) groups is 1. The molecule has 0 bridgehead atoms. The van der Waals surface area contributed by atoms with E-state index >= 15 is 0 Å². The molecule has 0 heterocycles. The van der Waals surface area contributed by atoms with E-state index < -0.39 is 0 Å². The lowest BCUT2D eigenvalue weighted by Crippen LogP contribution is -2.26. The fraction of sp³-hybridized carbons (Fsp3) is 0.409.